The third-order valence-corrected chi connectivity index (χ3v) is 4.27. The van der Waals surface area contributed by atoms with E-state index < -0.39 is 5.97 Å². The summed E-state index contributed by atoms with van der Waals surface area (Å²) in [7, 11) is 0. The summed E-state index contributed by atoms with van der Waals surface area (Å²) in [6.07, 6.45) is 0.719. The van der Waals surface area contributed by atoms with Gasteiger partial charge in [-0.2, -0.15) is 0 Å². The second-order valence-electron chi connectivity index (χ2n) is 5.33. The van der Waals surface area contributed by atoms with Crippen LogP contribution in [0.4, 0.5) is 0 Å². The minimum Gasteiger partial charge on any atom is -0.456 e. The van der Waals surface area contributed by atoms with Gasteiger partial charge in [-0.3, -0.25) is 4.79 Å². The number of hydrogen-bond acceptors (Lipinski definition) is 4. The summed E-state index contributed by atoms with van der Waals surface area (Å²) in [5.41, 5.74) is 3.10. The van der Waals surface area contributed by atoms with Gasteiger partial charge in [0.05, 0.1) is 21.8 Å². The molecule has 0 unspecified atom stereocenters. The van der Waals surface area contributed by atoms with E-state index in [2.05, 4.69) is 4.98 Å². The molecule has 2 aromatic carbocycles. The van der Waals surface area contributed by atoms with E-state index in [1.165, 1.54) is 0 Å². The summed E-state index contributed by atoms with van der Waals surface area (Å²) in [6.45, 7) is 1.90. The number of aromatic nitrogens is 1. The van der Waals surface area contributed by atoms with E-state index in [9.17, 15) is 9.59 Å². The molecule has 0 aliphatic rings. The number of nitrogens with zero attached hydrogens (tertiary/aromatic N) is 1. The lowest BCUT2D eigenvalue weighted by Crippen LogP contribution is -2.07. The number of pyridine rings is 1. The van der Waals surface area contributed by atoms with Crippen molar-refractivity contribution >= 4 is 34.8 Å². The van der Waals surface area contributed by atoms with Gasteiger partial charge in [0.15, 0.2) is 0 Å². The van der Waals surface area contributed by atoms with E-state index in [0.29, 0.717) is 21.8 Å². The molecule has 0 saturated carbocycles. The molecule has 0 fully saturated rings. The minimum atomic E-state index is -0.490. The Morgan fingerprint density at radius 1 is 1.17 bits per heavy atom. The zero-order chi connectivity index (χ0) is 17.1. The van der Waals surface area contributed by atoms with E-state index in [4.69, 9.17) is 16.3 Å². The molecule has 24 heavy (non-hydrogen) atoms. The van der Waals surface area contributed by atoms with E-state index in [0.717, 1.165) is 22.8 Å². The van der Waals surface area contributed by atoms with E-state index in [1.807, 2.05) is 31.2 Å². The number of carbonyl (C=O) groups is 2. The minimum absolute atomic E-state index is 0.0151. The quantitative estimate of drug-likeness (QED) is 0.523. The lowest BCUT2D eigenvalue weighted by Gasteiger charge is -2.10. The number of fused-ring (bicyclic) bond motifs is 1. The highest BCUT2D eigenvalue weighted by Crippen LogP contribution is 2.27. The maximum atomic E-state index is 12.1. The fraction of sp³-hybridized carbons (Fsp3) is 0.105. The molecule has 5 heteroatoms. The van der Waals surface area contributed by atoms with Crippen LogP contribution >= 0.6 is 11.6 Å². The topological polar surface area (TPSA) is 56.3 Å². The molecule has 3 rings (SSSR count). The Kier molecular flexibility index (Phi) is 4.58. The molecule has 0 aliphatic heterocycles. The van der Waals surface area contributed by atoms with Crippen molar-refractivity contribution in [3.63, 3.8) is 0 Å². The summed E-state index contributed by atoms with van der Waals surface area (Å²) in [4.78, 5) is 27.2. The monoisotopic (exact) mass is 339 g/mol. The molecule has 0 spiro atoms. The SMILES string of the molecule is Cc1c(Cl)c(COC(=O)c2ccc(C=O)cc2)nc2ccccc12. The lowest BCUT2D eigenvalue weighted by atomic mass is 10.1. The summed E-state index contributed by atoms with van der Waals surface area (Å²) in [6, 6.07) is 13.9. The standard InChI is InChI=1S/C19H14ClNO3/c1-12-15-4-2-3-5-16(15)21-17(18(12)20)11-24-19(23)14-8-6-13(10-22)7-9-14/h2-10H,11H2,1H3. The number of benzene rings is 2. The predicted octanol–water partition coefficient (Wildman–Crippen LogP) is 4.37. The van der Waals surface area contributed by atoms with Crippen LogP contribution in [0.3, 0.4) is 0 Å². The molecule has 3 aromatic rings. The van der Waals surface area contributed by atoms with Crippen LogP contribution in [0.25, 0.3) is 10.9 Å². The molecule has 1 aromatic heterocycles. The molecule has 0 bridgehead atoms. The Hall–Kier alpha value is -2.72. The Bertz CT molecular complexity index is 920. The van der Waals surface area contributed by atoms with Gasteiger partial charge in [0.2, 0.25) is 0 Å². The van der Waals surface area contributed by atoms with Gasteiger partial charge in [-0.15, -0.1) is 0 Å². The molecule has 0 saturated heterocycles. The van der Waals surface area contributed by atoms with Gasteiger partial charge in [-0.25, -0.2) is 9.78 Å². The third-order valence-electron chi connectivity index (χ3n) is 3.77. The second kappa shape index (κ2) is 6.81. The summed E-state index contributed by atoms with van der Waals surface area (Å²) < 4.78 is 5.30. The van der Waals surface area contributed by atoms with E-state index >= 15 is 0 Å². The highest BCUT2D eigenvalue weighted by molar-refractivity contribution is 6.32. The molecule has 120 valence electrons. The van der Waals surface area contributed by atoms with Gasteiger partial charge in [0, 0.05) is 10.9 Å². The van der Waals surface area contributed by atoms with E-state index in [1.54, 1.807) is 24.3 Å². The van der Waals surface area contributed by atoms with Gasteiger partial charge < -0.3 is 4.74 Å². The maximum Gasteiger partial charge on any atom is 0.338 e. The van der Waals surface area contributed by atoms with Crippen LogP contribution in [0.15, 0.2) is 48.5 Å². The van der Waals surface area contributed by atoms with Crippen LogP contribution in [0.5, 0.6) is 0 Å². The first kappa shape index (κ1) is 16.1. The number of aldehydes is 1. The Morgan fingerprint density at radius 2 is 1.88 bits per heavy atom. The highest BCUT2D eigenvalue weighted by Gasteiger charge is 2.13. The van der Waals surface area contributed by atoms with Gasteiger partial charge in [0.25, 0.3) is 0 Å². The Morgan fingerprint density at radius 3 is 2.58 bits per heavy atom. The van der Waals surface area contributed by atoms with Crippen molar-refractivity contribution in [3.8, 4) is 0 Å². The van der Waals surface area contributed by atoms with Crippen LogP contribution in [-0.2, 0) is 11.3 Å². The van der Waals surface area contributed by atoms with Crippen molar-refractivity contribution in [2.45, 2.75) is 13.5 Å². The van der Waals surface area contributed by atoms with Crippen LogP contribution in [0.1, 0.15) is 32.0 Å². The van der Waals surface area contributed by atoms with Gasteiger partial charge in [-0.05, 0) is 30.7 Å². The number of esters is 1. The first-order valence-electron chi connectivity index (χ1n) is 7.36. The second-order valence-corrected chi connectivity index (χ2v) is 5.71. The van der Waals surface area contributed by atoms with Crippen molar-refractivity contribution < 1.29 is 14.3 Å². The molecule has 0 amide bonds. The predicted molar refractivity (Wildman–Crippen MR) is 92.4 cm³/mol. The number of ether oxygens (including phenoxy) is 1. The summed E-state index contributed by atoms with van der Waals surface area (Å²) in [5, 5.41) is 1.47. The molecule has 0 atom stereocenters. The fourth-order valence-corrected chi connectivity index (χ4v) is 2.63. The van der Waals surface area contributed by atoms with Gasteiger partial charge >= 0.3 is 5.97 Å². The smallest absolute Gasteiger partial charge is 0.338 e. The Balaban J connectivity index is 1.81. The van der Waals surface area contributed by atoms with Crippen molar-refractivity contribution in [1.29, 1.82) is 0 Å². The van der Waals surface area contributed by atoms with Crippen molar-refractivity contribution in [3.05, 3.63) is 75.9 Å². The third kappa shape index (κ3) is 3.14. The molecule has 0 N–H and O–H groups in total. The average Bonchev–Trinajstić information content (AvgIpc) is 2.63. The van der Waals surface area contributed by atoms with Crippen LogP contribution in [0.2, 0.25) is 5.02 Å². The zero-order valence-electron chi connectivity index (χ0n) is 13.0. The van der Waals surface area contributed by atoms with Crippen molar-refractivity contribution in [1.82, 2.24) is 4.98 Å². The summed E-state index contributed by atoms with van der Waals surface area (Å²) in [5.74, 6) is -0.490. The zero-order valence-corrected chi connectivity index (χ0v) is 13.7. The molecule has 0 radical (unpaired) electrons. The van der Waals surface area contributed by atoms with E-state index in [-0.39, 0.29) is 6.61 Å². The van der Waals surface area contributed by atoms with Gasteiger partial charge in [-0.1, -0.05) is 41.9 Å². The summed E-state index contributed by atoms with van der Waals surface area (Å²) >= 11 is 6.35. The highest BCUT2D eigenvalue weighted by atomic mass is 35.5. The number of halogens is 1. The van der Waals surface area contributed by atoms with Crippen LogP contribution in [-0.4, -0.2) is 17.2 Å². The number of carbonyl (C=O) groups excluding carboxylic acids is 2. The number of para-hydroxylation sites is 1. The molecule has 4 nitrogen and oxygen atoms in total. The number of aryl methyl sites for hydroxylation is 1. The molecule has 0 aliphatic carbocycles. The number of rotatable bonds is 4. The molecular weight excluding hydrogens is 326 g/mol. The average molecular weight is 340 g/mol. The van der Waals surface area contributed by atoms with Crippen molar-refractivity contribution in [2.24, 2.45) is 0 Å². The first-order valence-corrected chi connectivity index (χ1v) is 7.74. The lowest BCUT2D eigenvalue weighted by molar-refractivity contribution is 0.0468. The largest absolute Gasteiger partial charge is 0.456 e. The molecule has 1 heterocycles. The van der Waals surface area contributed by atoms with Crippen molar-refractivity contribution in [2.75, 3.05) is 0 Å². The Labute approximate surface area is 144 Å². The van der Waals surface area contributed by atoms with Gasteiger partial charge in [0.1, 0.15) is 12.9 Å². The normalized spacial score (nSPS) is 10.6. The number of hydrogen-bond donors (Lipinski definition) is 0. The molecular formula is C19H14ClNO3. The van der Waals surface area contributed by atoms with Crippen LogP contribution in [0, 0.1) is 6.92 Å². The van der Waals surface area contributed by atoms with Crippen LogP contribution < -0.4 is 0 Å². The maximum absolute atomic E-state index is 12.1. The first-order chi connectivity index (χ1) is 11.6. The fourth-order valence-electron chi connectivity index (χ4n) is 2.43.